The molecule has 2 fully saturated rings. The van der Waals surface area contributed by atoms with Gasteiger partial charge in [-0.1, -0.05) is 36.8 Å². The Kier molecular flexibility index (Phi) is 9.72. The van der Waals surface area contributed by atoms with Crippen molar-refractivity contribution < 1.29 is 28.8 Å². The lowest BCUT2D eigenvalue weighted by atomic mass is 9.90. The summed E-state index contributed by atoms with van der Waals surface area (Å²) in [5.41, 5.74) is 9.14. The van der Waals surface area contributed by atoms with E-state index in [-0.39, 0.29) is 30.2 Å². The van der Waals surface area contributed by atoms with E-state index in [1.54, 1.807) is 28.9 Å². The number of likely N-dealkylation sites (tertiary alicyclic amines) is 1. The van der Waals surface area contributed by atoms with Gasteiger partial charge in [-0.05, 0) is 73.8 Å². The normalized spacial score (nSPS) is 19.1. The molecule has 3 aliphatic rings. The van der Waals surface area contributed by atoms with Crippen LogP contribution in [0.2, 0.25) is 0 Å². The van der Waals surface area contributed by atoms with Crippen molar-refractivity contribution in [2.75, 3.05) is 18.8 Å². The predicted molar refractivity (Wildman–Crippen MR) is 190 cm³/mol. The lowest BCUT2D eigenvalue weighted by Gasteiger charge is -2.33. The Morgan fingerprint density at radius 3 is 2.51 bits per heavy atom. The maximum Gasteiger partial charge on any atom is 0.263 e. The summed E-state index contributed by atoms with van der Waals surface area (Å²) < 4.78 is 1.75. The van der Waals surface area contributed by atoms with Crippen molar-refractivity contribution >= 4 is 58.1 Å². The first kappa shape index (κ1) is 34.2. The maximum absolute atomic E-state index is 13.3. The molecule has 0 radical (unpaired) electrons. The maximum atomic E-state index is 13.3. The van der Waals surface area contributed by atoms with Crippen LogP contribution in [0.4, 0.5) is 0 Å². The summed E-state index contributed by atoms with van der Waals surface area (Å²) >= 11 is 1.49. The molecule has 13 heteroatoms. The number of aromatic nitrogens is 2. The number of piperidine rings is 2. The number of hydrogen-bond donors (Lipinski definition) is 2. The van der Waals surface area contributed by atoms with Gasteiger partial charge in [-0.3, -0.25) is 39.0 Å². The third-order valence-corrected chi connectivity index (χ3v) is 11.1. The summed E-state index contributed by atoms with van der Waals surface area (Å²) in [4.78, 5) is 79.1. The van der Waals surface area contributed by atoms with Crippen molar-refractivity contribution in [3.63, 3.8) is 0 Å². The zero-order valence-corrected chi connectivity index (χ0v) is 28.8. The number of rotatable bonds is 11. The molecule has 0 saturated carbocycles. The van der Waals surface area contributed by atoms with E-state index in [0.29, 0.717) is 40.3 Å². The Morgan fingerprint density at radius 2 is 1.73 bits per heavy atom. The summed E-state index contributed by atoms with van der Waals surface area (Å²) in [6.07, 6.45) is 6.96. The highest BCUT2D eigenvalue weighted by Gasteiger charge is 2.45. The number of carbonyl (C=O) groups excluding carboxylic acids is 6. The number of hydrogen-bond acceptors (Lipinski definition) is 8. The molecule has 2 saturated heterocycles. The van der Waals surface area contributed by atoms with E-state index in [1.807, 2.05) is 35.4 Å². The highest BCUT2D eigenvalue weighted by atomic mass is 32.2. The van der Waals surface area contributed by atoms with Crippen LogP contribution in [-0.4, -0.2) is 79.9 Å². The number of carbonyl (C=O) groups is 6. The fraction of sp³-hybridized carbons (Fsp3) is 0.342. The molecule has 4 aromatic rings. The summed E-state index contributed by atoms with van der Waals surface area (Å²) in [5, 5.41) is 7.66. The van der Waals surface area contributed by atoms with Crippen LogP contribution in [0.3, 0.4) is 0 Å². The number of fused-ring (bicyclic) bond motifs is 2. The van der Waals surface area contributed by atoms with Crippen molar-refractivity contribution in [3.8, 4) is 5.69 Å². The van der Waals surface area contributed by atoms with Crippen molar-refractivity contribution in [2.45, 2.75) is 68.2 Å². The van der Waals surface area contributed by atoms with E-state index in [2.05, 4.69) is 22.5 Å². The van der Waals surface area contributed by atoms with Crippen LogP contribution >= 0.6 is 11.8 Å². The Morgan fingerprint density at radius 1 is 0.922 bits per heavy atom. The van der Waals surface area contributed by atoms with Crippen LogP contribution in [0.1, 0.15) is 93.9 Å². The van der Waals surface area contributed by atoms with E-state index in [0.717, 1.165) is 54.6 Å². The molecule has 51 heavy (non-hydrogen) atoms. The van der Waals surface area contributed by atoms with Gasteiger partial charge in [-0.25, -0.2) is 4.68 Å². The standard InChI is InChI=1S/C38H38N6O6S/c39-35(47)28-10-4-7-25-22-43(41-34(25)28)26-15-13-23(14-16-26)24-8-6-19-42(21-24)32(46)12-2-1-3-20-51-30-11-5-9-27-33(30)38(50)44(37(27)49)29-17-18-31(45)40-36(29)48/h4-5,7,9-11,13-16,22,24,29H,1-3,6,8,12,17-21H2,(H2,39,47)(H,40,45,48)/t24-,29?/m1/s1. The second kappa shape index (κ2) is 14.5. The minimum Gasteiger partial charge on any atom is -0.366 e. The van der Waals surface area contributed by atoms with Gasteiger partial charge in [-0.15, -0.1) is 11.8 Å². The Hall–Kier alpha value is -5.30. The minimum atomic E-state index is -0.990. The molecule has 3 aromatic carbocycles. The molecule has 2 atom stereocenters. The third-order valence-electron chi connectivity index (χ3n) is 9.93. The van der Waals surface area contributed by atoms with E-state index >= 15 is 0 Å². The highest BCUT2D eigenvalue weighted by molar-refractivity contribution is 7.99. The fourth-order valence-corrected chi connectivity index (χ4v) is 8.34. The minimum absolute atomic E-state index is 0.0781. The van der Waals surface area contributed by atoms with Gasteiger partial charge in [0.05, 0.1) is 22.4 Å². The topological polar surface area (TPSA) is 165 Å². The van der Waals surface area contributed by atoms with Gasteiger partial charge < -0.3 is 10.6 Å². The Balaban J connectivity index is 0.878. The number of nitrogens with one attached hydrogen (secondary N) is 1. The number of imide groups is 2. The summed E-state index contributed by atoms with van der Waals surface area (Å²) in [6.45, 7) is 1.44. The van der Waals surface area contributed by atoms with Crippen LogP contribution in [0.5, 0.6) is 0 Å². The van der Waals surface area contributed by atoms with Crippen molar-refractivity contribution in [1.29, 1.82) is 0 Å². The first-order valence-corrected chi connectivity index (χ1v) is 18.3. The first-order valence-electron chi connectivity index (χ1n) is 17.3. The zero-order chi connectivity index (χ0) is 35.6. The first-order chi connectivity index (χ1) is 24.7. The number of amides is 6. The number of thioether (sulfide) groups is 1. The molecule has 0 aliphatic carbocycles. The quantitative estimate of drug-likeness (QED) is 0.130. The van der Waals surface area contributed by atoms with Gasteiger partial charge in [0.15, 0.2) is 0 Å². The van der Waals surface area contributed by atoms with E-state index < -0.39 is 35.6 Å². The second-order valence-electron chi connectivity index (χ2n) is 13.2. The number of unbranched alkanes of at least 4 members (excludes halogenated alkanes) is 2. The molecule has 6 amide bonds. The fourth-order valence-electron chi connectivity index (χ4n) is 7.25. The smallest absolute Gasteiger partial charge is 0.263 e. The number of nitrogens with two attached hydrogens (primary N) is 1. The molecule has 0 spiro atoms. The average Bonchev–Trinajstić information content (AvgIpc) is 3.68. The van der Waals surface area contributed by atoms with Gasteiger partial charge >= 0.3 is 0 Å². The van der Waals surface area contributed by atoms with E-state index in [1.165, 1.54) is 17.3 Å². The van der Waals surface area contributed by atoms with Crippen LogP contribution in [0.25, 0.3) is 16.6 Å². The average molecular weight is 707 g/mol. The molecule has 7 rings (SSSR count). The molecule has 1 unspecified atom stereocenters. The molecule has 1 aromatic heterocycles. The van der Waals surface area contributed by atoms with Crippen molar-refractivity contribution in [1.82, 2.24) is 24.9 Å². The van der Waals surface area contributed by atoms with Gasteiger partial charge in [-0.2, -0.15) is 5.10 Å². The van der Waals surface area contributed by atoms with Gasteiger partial charge in [0.2, 0.25) is 17.7 Å². The van der Waals surface area contributed by atoms with Crippen molar-refractivity contribution in [3.05, 3.63) is 89.1 Å². The molecular formula is C38H38N6O6S. The second-order valence-corrected chi connectivity index (χ2v) is 14.4. The monoisotopic (exact) mass is 706 g/mol. The molecule has 0 bridgehead atoms. The van der Waals surface area contributed by atoms with Crippen LogP contribution < -0.4 is 11.1 Å². The lowest BCUT2D eigenvalue weighted by molar-refractivity contribution is -0.136. The molecule has 262 valence electrons. The van der Waals surface area contributed by atoms with Gasteiger partial charge in [0.25, 0.3) is 17.7 Å². The zero-order valence-electron chi connectivity index (χ0n) is 28.0. The van der Waals surface area contributed by atoms with Gasteiger partial charge in [0, 0.05) is 48.3 Å². The summed E-state index contributed by atoms with van der Waals surface area (Å²) in [7, 11) is 0. The number of benzene rings is 3. The number of primary amides is 1. The molecule has 12 nitrogen and oxygen atoms in total. The SMILES string of the molecule is NC(=O)c1cccc2cn(-c3ccc([C@@H]4CCCN(C(=O)CCCCCSc5cccc6c5C(=O)N(C5CCC(=O)NC5=O)C6=O)C4)cc3)nc12. The van der Waals surface area contributed by atoms with E-state index in [4.69, 9.17) is 5.73 Å². The third kappa shape index (κ3) is 6.90. The van der Waals surface area contributed by atoms with Gasteiger partial charge in [0.1, 0.15) is 11.6 Å². The van der Waals surface area contributed by atoms with Crippen LogP contribution in [0, 0.1) is 0 Å². The molecule has 3 aliphatic heterocycles. The molecule has 3 N–H and O–H groups in total. The van der Waals surface area contributed by atoms with Crippen molar-refractivity contribution in [2.24, 2.45) is 5.73 Å². The Labute approximate surface area is 298 Å². The lowest BCUT2D eigenvalue weighted by Crippen LogP contribution is -2.54. The molecular weight excluding hydrogens is 669 g/mol. The van der Waals surface area contributed by atoms with Crippen LogP contribution in [0.15, 0.2) is 71.8 Å². The number of nitrogens with zero attached hydrogens (tertiary/aromatic N) is 4. The highest BCUT2D eigenvalue weighted by Crippen LogP contribution is 2.35. The van der Waals surface area contributed by atoms with E-state index in [9.17, 15) is 28.8 Å². The summed E-state index contributed by atoms with van der Waals surface area (Å²) in [5.74, 6) is -1.42. The predicted octanol–water partition coefficient (Wildman–Crippen LogP) is 4.58. The van der Waals surface area contributed by atoms with Crippen LogP contribution in [-0.2, 0) is 14.4 Å². The largest absolute Gasteiger partial charge is 0.366 e. The summed E-state index contributed by atoms with van der Waals surface area (Å²) in [6, 6.07) is 17.7. The Bertz CT molecular complexity index is 2060. The molecule has 4 heterocycles.